The zero-order chi connectivity index (χ0) is 22.9. The van der Waals surface area contributed by atoms with E-state index in [1.165, 1.54) is 12.1 Å². The SMILES string of the molecule is CNC1CCN(c2cnc(-c3ccc4cn(C)nc4c3)c(-c3ccc(C#N)c(F)c3)n2)CC1. The molecule has 0 spiro atoms. The Kier molecular flexibility index (Phi) is 5.48. The van der Waals surface area contributed by atoms with E-state index >= 15 is 0 Å². The van der Waals surface area contributed by atoms with E-state index in [1.807, 2.05) is 44.6 Å². The van der Waals surface area contributed by atoms with Gasteiger partial charge in [-0.15, -0.1) is 0 Å². The summed E-state index contributed by atoms with van der Waals surface area (Å²) in [4.78, 5) is 11.9. The van der Waals surface area contributed by atoms with Crippen molar-refractivity contribution in [3.63, 3.8) is 0 Å². The number of nitrogens with one attached hydrogen (secondary N) is 1. The number of nitriles is 1. The van der Waals surface area contributed by atoms with Gasteiger partial charge in [-0.25, -0.2) is 9.37 Å². The summed E-state index contributed by atoms with van der Waals surface area (Å²) in [6, 6.07) is 12.9. The Morgan fingerprint density at radius 1 is 1.09 bits per heavy atom. The third-order valence-electron chi connectivity index (χ3n) is 6.25. The molecule has 3 heterocycles. The van der Waals surface area contributed by atoms with Gasteiger partial charge in [0.25, 0.3) is 0 Å². The molecule has 5 rings (SSSR count). The maximum absolute atomic E-state index is 14.5. The fraction of sp³-hybridized carbons (Fsp3) is 0.280. The topological polar surface area (TPSA) is 82.7 Å². The summed E-state index contributed by atoms with van der Waals surface area (Å²) in [6.45, 7) is 1.75. The minimum absolute atomic E-state index is 0.00783. The molecular formula is C25H24FN7. The molecule has 33 heavy (non-hydrogen) atoms. The number of aromatic nitrogens is 4. The first-order valence-corrected chi connectivity index (χ1v) is 11.0. The molecular weight excluding hydrogens is 417 g/mol. The maximum atomic E-state index is 14.5. The van der Waals surface area contributed by atoms with Gasteiger partial charge in [-0.1, -0.05) is 18.2 Å². The molecule has 2 aromatic carbocycles. The molecule has 2 aromatic heterocycles. The van der Waals surface area contributed by atoms with Gasteiger partial charge in [0, 0.05) is 48.9 Å². The number of rotatable bonds is 4. The molecule has 0 amide bonds. The smallest absolute Gasteiger partial charge is 0.147 e. The van der Waals surface area contributed by atoms with Gasteiger partial charge in [0.1, 0.15) is 17.7 Å². The van der Waals surface area contributed by atoms with Crippen LogP contribution in [-0.2, 0) is 7.05 Å². The van der Waals surface area contributed by atoms with Crippen molar-refractivity contribution >= 4 is 16.7 Å². The summed E-state index contributed by atoms with van der Waals surface area (Å²) in [5.41, 5.74) is 3.54. The van der Waals surface area contributed by atoms with Gasteiger partial charge < -0.3 is 10.2 Å². The highest BCUT2D eigenvalue weighted by molar-refractivity contribution is 5.87. The van der Waals surface area contributed by atoms with Gasteiger partial charge in [0.05, 0.1) is 28.7 Å². The van der Waals surface area contributed by atoms with E-state index in [0.29, 0.717) is 23.0 Å². The van der Waals surface area contributed by atoms with Crippen molar-refractivity contribution in [3.8, 4) is 28.6 Å². The van der Waals surface area contributed by atoms with Crippen LogP contribution in [0.5, 0.6) is 0 Å². The molecule has 0 saturated carbocycles. The first kappa shape index (κ1) is 21.0. The highest BCUT2D eigenvalue weighted by Crippen LogP contribution is 2.33. The van der Waals surface area contributed by atoms with E-state index in [-0.39, 0.29) is 5.56 Å². The quantitative estimate of drug-likeness (QED) is 0.517. The van der Waals surface area contributed by atoms with E-state index in [0.717, 1.165) is 48.2 Å². The van der Waals surface area contributed by atoms with Crippen LogP contribution < -0.4 is 10.2 Å². The van der Waals surface area contributed by atoms with Gasteiger partial charge in [-0.2, -0.15) is 10.4 Å². The van der Waals surface area contributed by atoms with Crippen molar-refractivity contribution < 1.29 is 4.39 Å². The Balaban J connectivity index is 1.61. The largest absolute Gasteiger partial charge is 0.355 e. The molecule has 8 heteroatoms. The van der Waals surface area contributed by atoms with Crippen LogP contribution in [0.3, 0.4) is 0 Å². The predicted molar refractivity (Wildman–Crippen MR) is 126 cm³/mol. The number of hydrogen-bond donors (Lipinski definition) is 1. The van der Waals surface area contributed by atoms with E-state index < -0.39 is 5.82 Å². The van der Waals surface area contributed by atoms with Crippen molar-refractivity contribution in [2.45, 2.75) is 18.9 Å². The van der Waals surface area contributed by atoms with Crippen molar-refractivity contribution in [2.75, 3.05) is 25.0 Å². The van der Waals surface area contributed by atoms with Crippen LogP contribution in [0.1, 0.15) is 18.4 Å². The highest BCUT2D eigenvalue weighted by Gasteiger charge is 2.21. The zero-order valence-electron chi connectivity index (χ0n) is 18.6. The number of fused-ring (bicyclic) bond motifs is 1. The van der Waals surface area contributed by atoms with Crippen molar-refractivity contribution in [3.05, 3.63) is 60.2 Å². The number of aryl methyl sites for hydroxylation is 1. The highest BCUT2D eigenvalue weighted by atomic mass is 19.1. The summed E-state index contributed by atoms with van der Waals surface area (Å²) in [5.74, 6) is 0.204. The molecule has 0 aliphatic carbocycles. The molecule has 0 unspecified atom stereocenters. The van der Waals surface area contributed by atoms with E-state index in [9.17, 15) is 4.39 Å². The fourth-order valence-corrected chi connectivity index (χ4v) is 4.38. The lowest BCUT2D eigenvalue weighted by atomic mass is 10.0. The van der Waals surface area contributed by atoms with Crippen molar-refractivity contribution in [1.29, 1.82) is 5.26 Å². The Labute approximate surface area is 191 Å². The van der Waals surface area contributed by atoms with Crippen LogP contribution in [0.25, 0.3) is 33.4 Å². The number of halogens is 1. The standard InChI is InChI=1S/C25H24FN7/c1-28-20-7-9-33(10-8-20)23-14-29-24(17-4-6-19-15-32(2)31-22(19)12-17)25(30-23)16-3-5-18(13-27)21(26)11-16/h3-6,11-12,14-15,20,28H,7-10H2,1-2H3. The monoisotopic (exact) mass is 441 g/mol. The molecule has 1 aliphatic rings. The lowest BCUT2D eigenvalue weighted by molar-refractivity contribution is 0.440. The Hall–Kier alpha value is -3.83. The van der Waals surface area contributed by atoms with Crippen LogP contribution in [0.2, 0.25) is 0 Å². The van der Waals surface area contributed by atoms with Crippen LogP contribution in [0, 0.1) is 17.1 Å². The van der Waals surface area contributed by atoms with Gasteiger partial charge in [0.2, 0.25) is 0 Å². The lowest BCUT2D eigenvalue weighted by Gasteiger charge is -2.32. The number of benzene rings is 2. The molecule has 1 saturated heterocycles. The maximum Gasteiger partial charge on any atom is 0.147 e. The number of piperidine rings is 1. The van der Waals surface area contributed by atoms with E-state index in [2.05, 4.69) is 15.3 Å². The van der Waals surface area contributed by atoms with Crippen molar-refractivity contribution in [2.24, 2.45) is 7.05 Å². The molecule has 1 fully saturated rings. The Bertz CT molecular complexity index is 1360. The molecule has 7 nitrogen and oxygen atoms in total. The summed E-state index contributed by atoms with van der Waals surface area (Å²) in [6.07, 6.45) is 5.80. The first-order chi connectivity index (χ1) is 16.1. The Morgan fingerprint density at radius 2 is 1.85 bits per heavy atom. The molecule has 166 valence electrons. The fourth-order valence-electron chi connectivity index (χ4n) is 4.38. The Morgan fingerprint density at radius 3 is 2.58 bits per heavy atom. The number of anilines is 1. The van der Waals surface area contributed by atoms with Crippen LogP contribution in [0.4, 0.5) is 10.2 Å². The lowest BCUT2D eigenvalue weighted by Crippen LogP contribution is -2.41. The average molecular weight is 442 g/mol. The second-order valence-electron chi connectivity index (χ2n) is 8.36. The summed E-state index contributed by atoms with van der Waals surface area (Å²) in [5, 5.41) is 18.0. The zero-order valence-corrected chi connectivity index (χ0v) is 18.6. The van der Waals surface area contributed by atoms with E-state index in [4.69, 9.17) is 15.2 Å². The van der Waals surface area contributed by atoms with Gasteiger partial charge in [0.15, 0.2) is 0 Å². The second kappa shape index (κ2) is 8.60. The first-order valence-electron chi connectivity index (χ1n) is 11.0. The molecule has 1 N–H and O–H groups in total. The predicted octanol–water partition coefficient (Wildman–Crippen LogP) is 3.90. The summed E-state index contributed by atoms with van der Waals surface area (Å²) in [7, 11) is 3.88. The minimum atomic E-state index is -0.567. The van der Waals surface area contributed by atoms with Gasteiger partial charge in [-0.3, -0.25) is 9.67 Å². The van der Waals surface area contributed by atoms with Crippen LogP contribution in [0.15, 0.2) is 48.8 Å². The molecule has 0 atom stereocenters. The average Bonchev–Trinajstić information content (AvgIpc) is 3.23. The van der Waals surface area contributed by atoms with Crippen LogP contribution in [-0.4, -0.2) is 45.9 Å². The van der Waals surface area contributed by atoms with Crippen molar-refractivity contribution in [1.82, 2.24) is 25.1 Å². The van der Waals surface area contributed by atoms with Gasteiger partial charge >= 0.3 is 0 Å². The normalized spacial score (nSPS) is 14.5. The molecule has 0 radical (unpaired) electrons. The molecule has 1 aliphatic heterocycles. The molecule has 4 aromatic rings. The summed E-state index contributed by atoms with van der Waals surface area (Å²) < 4.78 is 16.3. The van der Waals surface area contributed by atoms with Gasteiger partial charge in [-0.05, 0) is 38.1 Å². The summed E-state index contributed by atoms with van der Waals surface area (Å²) >= 11 is 0. The number of nitrogens with zero attached hydrogens (tertiary/aromatic N) is 6. The third kappa shape index (κ3) is 4.03. The number of hydrogen-bond acceptors (Lipinski definition) is 6. The minimum Gasteiger partial charge on any atom is -0.355 e. The molecule has 0 bridgehead atoms. The second-order valence-corrected chi connectivity index (χ2v) is 8.36. The third-order valence-corrected chi connectivity index (χ3v) is 6.25. The van der Waals surface area contributed by atoms with E-state index in [1.54, 1.807) is 16.9 Å². The van der Waals surface area contributed by atoms with Crippen LogP contribution >= 0.6 is 0 Å².